The Balaban J connectivity index is 2.52. The van der Waals surface area contributed by atoms with Crippen LogP contribution in [0.1, 0.15) is 0 Å². The number of nitrogens with one attached hydrogen (secondary N) is 1. The van der Waals surface area contributed by atoms with Gasteiger partial charge in [0.25, 0.3) is 0 Å². The van der Waals surface area contributed by atoms with Crippen LogP contribution in [0.3, 0.4) is 0 Å². The average molecular weight is 309 g/mol. The average Bonchev–Trinajstić information content (AvgIpc) is 2.35. The number of rotatable bonds is 4. The SMILES string of the molecule is CNCCN(C)c1c(N)cnc2ccc(Br)cc12. The van der Waals surface area contributed by atoms with Gasteiger partial charge in [-0.1, -0.05) is 15.9 Å². The molecule has 3 N–H and O–H groups in total. The van der Waals surface area contributed by atoms with Crippen molar-refractivity contribution in [3.8, 4) is 0 Å². The van der Waals surface area contributed by atoms with Crippen LogP contribution in [0, 0.1) is 0 Å². The van der Waals surface area contributed by atoms with Crippen molar-refractivity contribution in [1.29, 1.82) is 0 Å². The molecule has 0 aliphatic carbocycles. The molecule has 0 spiro atoms. The lowest BCUT2D eigenvalue weighted by Crippen LogP contribution is -2.27. The molecule has 1 aromatic carbocycles. The van der Waals surface area contributed by atoms with E-state index in [0.29, 0.717) is 5.69 Å². The number of nitrogens with two attached hydrogens (primary N) is 1. The van der Waals surface area contributed by atoms with E-state index in [4.69, 9.17) is 5.73 Å². The molecule has 18 heavy (non-hydrogen) atoms. The molecular formula is C13H17BrN4. The number of pyridine rings is 1. The third-order valence-electron chi connectivity index (χ3n) is 2.91. The molecule has 0 aliphatic heterocycles. The maximum atomic E-state index is 6.07. The Hall–Kier alpha value is -1.33. The molecule has 96 valence electrons. The van der Waals surface area contributed by atoms with Gasteiger partial charge < -0.3 is 16.0 Å². The smallest absolute Gasteiger partial charge is 0.0745 e. The highest BCUT2D eigenvalue weighted by atomic mass is 79.9. The van der Waals surface area contributed by atoms with Crippen molar-refractivity contribution in [2.75, 3.05) is 37.8 Å². The topological polar surface area (TPSA) is 54.2 Å². The van der Waals surface area contributed by atoms with E-state index in [2.05, 4.69) is 37.2 Å². The quantitative estimate of drug-likeness (QED) is 0.909. The van der Waals surface area contributed by atoms with Crippen molar-refractivity contribution in [3.05, 3.63) is 28.9 Å². The molecule has 0 fully saturated rings. The van der Waals surface area contributed by atoms with Crippen LogP contribution in [0.15, 0.2) is 28.9 Å². The molecule has 0 unspecified atom stereocenters. The number of hydrogen-bond donors (Lipinski definition) is 2. The second kappa shape index (κ2) is 5.54. The summed E-state index contributed by atoms with van der Waals surface area (Å²) < 4.78 is 1.03. The first-order valence-corrected chi connectivity index (χ1v) is 6.62. The van der Waals surface area contributed by atoms with Crippen molar-refractivity contribution < 1.29 is 0 Å². The molecule has 0 bridgehead atoms. The Morgan fingerprint density at radius 1 is 1.44 bits per heavy atom. The van der Waals surface area contributed by atoms with Gasteiger partial charge in [-0.05, 0) is 25.2 Å². The van der Waals surface area contributed by atoms with E-state index in [0.717, 1.165) is 34.2 Å². The monoisotopic (exact) mass is 308 g/mol. The van der Waals surface area contributed by atoms with Crippen molar-refractivity contribution >= 4 is 38.2 Å². The minimum Gasteiger partial charge on any atom is -0.396 e. The van der Waals surface area contributed by atoms with E-state index < -0.39 is 0 Å². The summed E-state index contributed by atoms with van der Waals surface area (Å²) in [5.74, 6) is 0. The molecule has 0 amide bonds. The number of anilines is 2. The van der Waals surface area contributed by atoms with E-state index in [1.54, 1.807) is 6.20 Å². The molecule has 4 nitrogen and oxygen atoms in total. The number of fused-ring (bicyclic) bond motifs is 1. The zero-order valence-electron chi connectivity index (χ0n) is 10.6. The van der Waals surface area contributed by atoms with Gasteiger partial charge in [0.15, 0.2) is 0 Å². The summed E-state index contributed by atoms with van der Waals surface area (Å²) in [7, 11) is 3.99. The lowest BCUT2D eigenvalue weighted by atomic mass is 10.1. The van der Waals surface area contributed by atoms with Gasteiger partial charge in [0.1, 0.15) is 0 Å². The fourth-order valence-corrected chi connectivity index (χ4v) is 2.34. The summed E-state index contributed by atoms with van der Waals surface area (Å²) in [6, 6.07) is 6.04. The number of nitrogens with zero attached hydrogens (tertiary/aromatic N) is 2. The van der Waals surface area contributed by atoms with Crippen molar-refractivity contribution in [1.82, 2.24) is 10.3 Å². The van der Waals surface area contributed by atoms with Gasteiger partial charge in [-0.15, -0.1) is 0 Å². The van der Waals surface area contributed by atoms with Crippen LogP contribution in [0.2, 0.25) is 0 Å². The molecule has 2 rings (SSSR count). The molecule has 2 aromatic rings. The summed E-state index contributed by atoms with van der Waals surface area (Å²) in [5.41, 5.74) is 8.77. The maximum Gasteiger partial charge on any atom is 0.0745 e. The summed E-state index contributed by atoms with van der Waals surface area (Å²) in [4.78, 5) is 6.51. The standard InChI is InChI=1S/C13H17BrN4/c1-16-5-6-18(2)13-10-7-9(14)3-4-12(10)17-8-11(13)15/h3-4,7-8,16H,5-6,15H2,1-2H3. The molecule has 1 heterocycles. The van der Waals surface area contributed by atoms with E-state index in [1.165, 1.54) is 0 Å². The Morgan fingerprint density at radius 3 is 2.94 bits per heavy atom. The van der Waals surface area contributed by atoms with Crippen LogP contribution in [-0.4, -0.2) is 32.2 Å². The van der Waals surface area contributed by atoms with E-state index in [9.17, 15) is 0 Å². The second-order valence-electron chi connectivity index (χ2n) is 4.25. The molecule has 0 saturated heterocycles. The van der Waals surface area contributed by atoms with Gasteiger partial charge in [-0.2, -0.15) is 0 Å². The number of aromatic nitrogens is 1. The van der Waals surface area contributed by atoms with Gasteiger partial charge in [-0.3, -0.25) is 4.98 Å². The van der Waals surface area contributed by atoms with Crippen molar-refractivity contribution in [3.63, 3.8) is 0 Å². The third kappa shape index (κ3) is 2.57. The normalized spacial score (nSPS) is 10.8. The van der Waals surface area contributed by atoms with E-state index in [1.807, 2.05) is 26.2 Å². The zero-order valence-corrected chi connectivity index (χ0v) is 12.2. The minimum atomic E-state index is 0.708. The number of hydrogen-bond acceptors (Lipinski definition) is 4. The number of nitrogen functional groups attached to an aromatic ring is 1. The van der Waals surface area contributed by atoms with Crippen molar-refractivity contribution in [2.24, 2.45) is 0 Å². The first kappa shape index (κ1) is 13.1. The highest BCUT2D eigenvalue weighted by molar-refractivity contribution is 9.10. The van der Waals surface area contributed by atoms with Gasteiger partial charge >= 0.3 is 0 Å². The minimum absolute atomic E-state index is 0.708. The molecule has 0 radical (unpaired) electrons. The van der Waals surface area contributed by atoms with E-state index in [-0.39, 0.29) is 0 Å². The third-order valence-corrected chi connectivity index (χ3v) is 3.40. The van der Waals surface area contributed by atoms with Crippen LogP contribution >= 0.6 is 15.9 Å². The number of benzene rings is 1. The Morgan fingerprint density at radius 2 is 2.22 bits per heavy atom. The van der Waals surface area contributed by atoms with Crippen LogP contribution < -0.4 is 16.0 Å². The van der Waals surface area contributed by atoms with Crippen LogP contribution in [0.25, 0.3) is 10.9 Å². The highest BCUT2D eigenvalue weighted by Crippen LogP contribution is 2.32. The lowest BCUT2D eigenvalue weighted by molar-refractivity contribution is 0.769. The Labute approximate surface area is 115 Å². The first-order chi connectivity index (χ1) is 8.63. The predicted molar refractivity (Wildman–Crippen MR) is 81.1 cm³/mol. The van der Waals surface area contributed by atoms with Gasteiger partial charge in [-0.25, -0.2) is 0 Å². The maximum absolute atomic E-state index is 6.07. The highest BCUT2D eigenvalue weighted by Gasteiger charge is 2.11. The Bertz CT molecular complexity index is 551. The summed E-state index contributed by atoms with van der Waals surface area (Å²) in [6.45, 7) is 1.81. The molecular weight excluding hydrogens is 292 g/mol. The largest absolute Gasteiger partial charge is 0.396 e. The van der Waals surface area contributed by atoms with Crippen molar-refractivity contribution in [2.45, 2.75) is 0 Å². The fourth-order valence-electron chi connectivity index (χ4n) is 1.98. The fraction of sp³-hybridized carbons (Fsp3) is 0.308. The number of likely N-dealkylation sites (N-methyl/N-ethyl adjacent to an activating group) is 2. The second-order valence-corrected chi connectivity index (χ2v) is 5.16. The summed E-state index contributed by atoms with van der Waals surface area (Å²) in [5, 5.41) is 4.21. The predicted octanol–water partition coefficient (Wildman–Crippen LogP) is 2.24. The molecule has 0 saturated carbocycles. The molecule has 5 heteroatoms. The Kier molecular flexibility index (Phi) is 4.04. The first-order valence-electron chi connectivity index (χ1n) is 5.83. The van der Waals surface area contributed by atoms with Crippen LogP contribution in [-0.2, 0) is 0 Å². The lowest BCUT2D eigenvalue weighted by Gasteiger charge is -2.22. The van der Waals surface area contributed by atoms with Crippen LogP contribution in [0.5, 0.6) is 0 Å². The van der Waals surface area contributed by atoms with Gasteiger partial charge in [0, 0.05) is 30.0 Å². The van der Waals surface area contributed by atoms with Crippen LogP contribution in [0.4, 0.5) is 11.4 Å². The zero-order chi connectivity index (χ0) is 13.1. The molecule has 0 aliphatic rings. The number of halogens is 1. The summed E-state index contributed by atoms with van der Waals surface area (Å²) >= 11 is 3.49. The molecule has 0 atom stereocenters. The van der Waals surface area contributed by atoms with Gasteiger partial charge in [0.2, 0.25) is 0 Å². The van der Waals surface area contributed by atoms with E-state index >= 15 is 0 Å². The molecule has 1 aromatic heterocycles. The summed E-state index contributed by atoms with van der Waals surface area (Å²) in [6.07, 6.45) is 1.72. The van der Waals surface area contributed by atoms with Gasteiger partial charge in [0.05, 0.1) is 23.1 Å².